The lowest BCUT2D eigenvalue weighted by molar-refractivity contribution is -0.390. The zero-order valence-corrected chi connectivity index (χ0v) is 13.5. The molecular weight excluding hydrogens is 356 g/mol. The summed E-state index contributed by atoms with van der Waals surface area (Å²) in [5.41, 5.74) is 0.542. The molecule has 0 saturated heterocycles. The normalized spacial score (nSPS) is 10.6. The SMILES string of the molecule is Cc1c(Br)c([N+](=O)[O-])nn1CC(=O)NCCCn1ccnc1. The second kappa shape index (κ2) is 7.16. The van der Waals surface area contributed by atoms with E-state index in [0.717, 1.165) is 13.0 Å². The van der Waals surface area contributed by atoms with Gasteiger partial charge in [-0.1, -0.05) is 0 Å². The van der Waals surface area contributed by atoms with Crippen LogP contribution in [0, 0.1) is 17.0 Å². The van der Waals surface area contributed by atoms with E-state index in [2.05, 4.69) is 31.3 Å². The maximum atomic E-state index is 11.8. The molecule has 0 aliphatic heterocycles. The molecule has 0 fully saturated rings. The third-order valence-corrected chi connectivity index (χ3v) is 3.99. The highest BCUT2D eigenvalue weighted by Crippen LogP contribution is 2.26. The second-order valence-electron chi connectivity index (χ2n) is 4.64. The van der Waals surface area contributed by atoms with Crippen molar-refractivity contribution >= 4 is 27.7 Å². The highest BCUT2D eigenvalue weighted by atomic mass is 79.9. The van der Waals surface area contributed by atoms with Crippen molar-refractivity contribution < 1.29 is 9.72 Å². The van der Waals surface area contributed by atoms with Gasteiger partial charge in [-0.25, -0.2) is 4.98 Å². The van der Waals surface area contributed by atoms with Crippen molar-refractivity contribution in [2.24, 2.45) is 0 Å². The van der Waals surface area contributed by atoms with Crippen LogP contribution in [0.2, 0.25) is 0 Å². The average Bonchev–Trinajstić information content (AvgIpc) is 3.07. The van der Waals surface area contributed by atoms with Gasteiger partial charge in [0.2, 0.25) is 5.91 Å². The Morgan fingerprint density at radius 1 is 1.55 bits per heavy atom. The van der Waals surface area contributed by atoms with Crippen LogP contribution in [0.5, 0.6) is 0 Å². The number of amides is 1. The zero-order valence-electron chi connectivity index (χ0n) is 11.9. The fourth-order valence-electron chi connectivity index (χ4n) is 1.88. The predicted molar refractivity (Wildman–Crippen MR) is 81.2 cm³/mol. The molecule has 9 nitrogen and oxygen atoms in total. The molecule has 0 aliphatic carbocycles. The summed E-state index contributed by atoms with van der Waals surface area (Å²) >= 11 is 3.11. The molecule has 2 rings (SSSR count). The minimum Gasteiger partial charge on any atom is -0.358 e. The number of hydrogen-bond donors (Lipinski definition) is 1. The summed E-state index contributed by atoms with van der Waals surface area (Å²) in [6, 6.07) is 0. The maximum Gasteiger partial charge on any atom is 0.404 e. The van der Waals surface area contributed by atoms with Gasteiger partial charge in [0.15, 0.2) is 0 Å². The van der Waals surface area contributed by atoms with Gasteiger partial charge in [-0.15, -0.1) is 0 Å². The first kappa shape index (κ1) is 16.1. The Balaban J connectivity index is 1.82. The van der Waals surface area contributed by atoms with Crippen LogP contribution in [0.4, 0.5) is 5.82 Å². The second-order valence-corrected chi connectivity index (χ2v) is 5.43. The summed E-state index contributed by atoms with van der Waals surface area (Å²) in [7, 11) is 0. The quantitative estimate of drug-likeness (QED) is 0.448. The van der Waals surface area contributed by atoms with Gasteiger partial charge in [0, 0.05) is 25.5 Å². The van der Waals surface area contributed by atoms with E-state index in [-0.39, 0.29) is 18.3 Å². The number of halogens is 1. The van der Waals surface area contributed by atoms with Crippen LogP contribution in [-0.4, -0.2) is 36.7 Å². The lowest BCUT2D eigenvalue weighted by Gasteiger charge is -2.05. The third kappa shape index (κ3) is 3.91. The number of aryl methyl sites for hydroxylation is 1. The monoisotopic (exact) mass is 370 g/mol. The molecule has 22 heavy (non-hydrogen) atoms. The van der Waals surface area contributed by atoms with Crippen molar-refractivity contribution in [1.29, 1.82) is 0 Å². The van der Waals surface area contributed by atoms with Crippen LogP contribution in [0.1, 0.15) is 12.1 Å². The van der Waals surface area contributed by atoms with Crippen molar-refractivity contribution in [2.75, 3.05) is 6.54 Å². The van der Waals surface area contributed by atoms with Crippen molar-refractivity contribution in [2.45, 2.75) is 26.4 Å². The van der Waals surface area contributed by atoms with Gasteiger partial charge in [0.05, 0.1) is 17.1 Å². The molecule has 0 radical (unpaired) electrons. The van der Waals surface area contributed by atoms with Crippen LogP contribution in [-0.2, 0) is 17.9 Å². The number of nitrogens with zero attached hydrogens (tertiary/aromatic N) is 5. The van der Waals surface area contributed by atoms with Gasteiger partial charge >= 0.3 is 5.82 Å². The lowest BCUT2D eigenvalue weighted by Crippen LogP contribution is -2.29. The molecule has 0 aliphatic rings. The lowest BCUT2D eigenvalue weighted by atomic mass is 10.4. The average molecular weight is 371 g/mol. The molecule has 1 N–H and O–H groups in total. The summed E-state index contributed by atoms with van der Waals surface area (Å²) in [5.74, 6) is -0.524. The van der Waals surface area contributed by atoms with Crippen LogP contribution in [0.15, 0.2) is 23.2 Å². The number of hydrogen-bond acceptors (Lipinski definition) is 5. The van der Waals surface area contributed by atoms with Gasteiger partial charge in [-0.2, -0.15) is 4.68 Å². The first-order chi connectivity index (χ1) is 10.5. The van der Waals surface area contributed by atoms with E-state index >= 15 is 0 Å². The summed E-state index contributed by atoms with van der Waals surface area (Å²) in [6.07, 6.45) is 6.03. The van der Waals surface area contributed by atoms with Crippen LogP contribution in [0.3, 0.4) is 0 Å². The van der Waals surface area contributed by atoms with E-state index in [4.69, 9.17) is 0 Å². The van der Waals surface area contributed by atoms with Gasteiger partial charge in [0.1, 0.15) is 11.0 Å². The molecule has 1 amide bonds. The molecule has 2 aromatic heterocycles. The highest BCUT2D eigenvalue weighted by Gasteiger charge is 2.24. The Bertz CT molecular complexity index is 667. The van der Waals surface area contributed by atoms with Crippen LogP contribution < -0.4 is 5.32 Å². The zero-order chi connectivity index (χ0) is 16.1. The Hall–Kier alpha value is -2.23. The fourth-order valence-corrected chi connectivity index (χ4v) is 2.31. The Morgan fingerprint density at radius 2 is 2.32 bits per heavy atom. The number of carbonyl (C=O) groups is 1. The van der Waals surface area contributed by atoms with E-state index in [1.807, 2.05) is 10.8 Å². The number of carbonyl (C=O) groups excluding carboxylic acids is 1. The molecule has 2 aromatic rings. The first-order valence-electron chi connectivity index (χ1n) is 6.58. The highest BCUT2D eigenvalue weighted by molar-refractivity contribution is 9.10. The van der Waals surface area contributed by atoms with E-state index in [9.17, 15) is 14.9 Å². The molecule has 10 heteroatoms. The molecule has 0 atom stereocenters. The van der Waals surface area contributed by atoms with Crippen molar-refractivity contribution in [1.82, 2.24) is 24.6 Å². The van der Waals surface area contributed by atoms with Crippen LogP contribution >= 0.6 is 15.9 Å². The van der Waals surface area contributed by atoms with Crippen molar-refractivity contribution in [3.8, 4) is 0 Å². The van der Waals surface area contributed by atoms with Gasteiger partial charge in [0.25, 0.3) is 0 Å². The Morgan fingerprint density at radius 3 is 2.91 bits per heavy atom. The van der Waals surface area contributed by atoms with Gasteiger partial charge < -0.3 is 20.0 Å². The first-order valence-corrected chi connectivity index (χ1v) is 7.38. The van der Waals surface area contributed by atoms with E-state index in [1.165, 1.54) is 4.68 Å². The number of imidazole rings is 1. The van der Waals surface area contributed by atoms with Crippen molar-refractivity contribution in [3.05, 3.63) is 39.0 Å². The minimum atomic E-state index is -0.587. The number of nitro groups is 1. The Kier molecular flexibility index (Phi) is 5.26. The largest absolute Gasteiger partial charge is 0.404 e. The molecule has 0 unspecified atom stereocenters. The summed E-state index contributed by atoms with van der Waals surface area (Å²) in [5, 5.41) is 17.4. The van der Waals surface area contributed by atoms with Crippen LogP contribution in [0.25, 0.3) is 0 Å². The van der Waals surface area contributed by atoms with Gasteiger partial charge in [-0.05, 0) is 34.2 Å². The molecule has 0 aromatic carbocycles. The number of rotatable bonds is 7. The number of aromatic nitrogens is 4. The topological polar surface area (TPSA) is 108 Å². The fraction of sp³-hybridized carbons (Fsp3) is 0.417. The summed E-state index contributed by atoms with van der Waals surface area (Å²) < 4.78 is 3.53. The minimum absolute atomic E-state index is 0.0522. The van der Waals surface area contributed by atoms with Gasteiger partial charge in [-0.3, -0.25) is 4.79 Å². The molecular formula is C12H15BrN6O3. The molecule has 118 valence electrons. The van der Waals surface area contributed by atoms with E-state index < -0.39 is 4.92 Å². The maximum absolute atomic E-state index is 11.8. The van der Waals surface area contributed by atoms with Crippen molar-refractivity contribution in [3.63, 3.8) is 0 Å². The third-order valence-electron chi connectivity index (χ3n) is 3.06. The molecule has 0 bridgehead atoms. The summed E-state index contributed by atoms with van der Waals surface area (Å²) in [6.45, 7) is 2.89. The smallest absolute Gasteiger partial charge is 0.358 e. The molecule has 2 heterocycles. The molecule has 0 saturated carbocycles. The standard InChI is InChI=1S/C12H15BrN6O3/c1-9-11(13)12(19(21)22)16-18(9)7-10(20)15-3-2-5-17-6-4-14-8-17/h4,6,8H,2-3,5,7H2,1H3,(H,15,20). The number of nitrogens with one attached hydrogen (secondary N) is 1. The predicted octanol–water partition coefficient (Wildman–Crippen LogP) is 1.27. The van der Waals surface area contributed by atoms with E-state index in [0.29, 0.717) is 16.7 Å². The Labute approximate surface area is 134 Å². The van der Waals surface area contributed by atoms with E-state index in [1.54, 1.807) is 19.4 Å². The summed E-state index contributed by atoms with van der Waals surface area (Å²) in [4.78, 5) is 26.0. The molecule has 0 spiro atoms.